The molecule has 4 aromatic carbocycles. The van der Waals surface area contributed by atoms with Gasteiger partial charge >= 0.3 is 11.9 Å². The minimum absolute atomic E-state index is 0.120. The van der Waals surface area contributed by atoms with Crippen molar-refractivity contribution in [2.45, 2.75) is 51.4 Å². The highest BCUT2D eigenvalue weighted by Gasteiger charge is 2.40. The zero-order chi connectivity index (χ0) is 34.7. The van der Waals surface area contributed by atoms with Gasteiger partial charge in [-0.1, -0.05) is 65.4 Å². The van der Waals surface area contributed by atoms with E-state index in [9.17, 15) is 19.2 Å². The van der Waals surface area contributed by atoms with E-state index in [2.05, 4.69) is 10.5 Å². The van der Waals surface area contributed by atoms with Gasteiger partial charge in [-0.3, -0.25) is 14.9 Å². The zero-order valence-electron chi connectivity index (χ0n) is 27.4. The molecule has 2 atom stereocenters. The molecule has 2 heterocycles. The van der Waals surface area contributed by atoms with Gasteiger partial charge in [0.2, 0.25) is 5.91 Å². The normalized spacial score (nSPS) is 19.1. The maximum Gasteiger partial charge on any atom is 0.365 e. The predicted octanol–water partition coefficient (Wildman–Crippen LogP) is 6.91. The molecule has 1 N–H and O–H groups in total. The molecular formula is C38H34N2O8S. The number of nitrogens with one attached hydrogen (secondary N) is 1. The molecule has 0 radical (unpaired) electrons. The van der Waals surface area contributed by atoms with Gasteiger partial charge in [0.25, 0.3) is 5.24 Å². The molecule has 0 aliphatic carbocycles. The summed E-state index contributed by atoms with van der Waals surface area (Å²) in [5.74, 6) is 0.0914. The van der Waals surface area contributed by atoms with E-state index < -0.39 is 22.8 Å². The van der Waals surface area contributed by atoms with Crippen molar-refractivity contribution in [3.05, 3.63) is 124 Å². The Labute approximate surface area is 287 Å². The number of hydrogen-bond acceptors (Lipinski definition) is 10. The molecule has 6 rings (SSSR count). The van der Waals surface area contributed by atoms with Crippen LogP contribution in [0.15, 0.2) is 90.1 Å². The highest BCUT2D eigenvalue weighted by molar-refractivity contribution is 8.15. The molecule has 0 saturated carbocycles. The number of ether oxygens (including phenoxy) is 3. The van der Waals surface area contributed by atoms with Crippen LogP contribution in [-0.2, 0) is 16.1 Å². The first kappa shape index (κ1) is 33.5. The zero-order valence-corrected chi connectivity index (χ0v) is 28.2. The van der Waals surface area contributed by atoms with Crippen molar-refractivity contribution in [2.75, 3.05) is 6.61 Å². The van der Waals surface area contributed by atoms with Gasteiger partial charge in [0.15, 0.2) is 0 Å². The summed E-state index contributed by atoms with van der Waals surface area (Å²) in [6.07, 6.45) is 0.625. The number of amides is 2. The number of thioether (sulfide) groups is 1. The van der Waals surface area contributed by atoms with E-state index in [1.165, 1.54) is 0 Å². The third-order valence-corrected chi connectivity index (χ3v) is 9.45. The van der Waals surface area contributed by atoms with Gasteiger partial charge < -0.3 is 19.0 Å². The van der Waals surface area contributed by atoms with Crippen molar-refractivity contribution in [1.29, 1.82) is 0 Å². The SMILES string of the molecule is Cc1c(C)c2c(c(C)c1OC(=O)c1ccccc1)C(=NOC(=O)c1ccccc1)CC(C)(COc1ccc(CC3SC(=O)NC3=O)cc1)O2. The molecule has 1 saturated heterocycles. The number of carbonyl (C=O) groups excluding carboxylic acids is 4. The van der Waals surface area contributed by atoms with E-state index in [1.54, 1.807) is 66.7 Å². The monoisotopic (exact) mass is 678 g/mol. The second-order valence-corrected chi connectivity index (χ2v) is 13.4. The van der Waals surface area contributed by atoms with Crippen LogP contribution in [0.1, 0.15) is 61.9 Å². The highest BCUT2D eigenvalue weighted by atomic mass is 32.2. The van der Waals surface area contributed by atoms with Gasteiger partial charge in [0.1, 0.15) is 29.5 Å². The van der Waals surface area contributed by atoms with E-state index in [0.717, 1.165) is 28.5 Å². The van der Waals surface area contributed by atoms with Crippen LogP contribution < -0.4 is 19.5 Å². The molecule has 1 fully saturated rings. The number of rotatable bonds is 9. The Bertz CT molecular complexity index is 1960. The van der Waals surface area contributed by atoms with Crippen LogP contribution in [-0.4, -0.2) is 46.3 Å². The summed E-state index contributed by atoms with van der Waals surface area (Å²) in [7, 11) is 0. The van der Waals surface area contributed by atoms with Gasteiger partial charge in [-0.15, -0.1) is 0 Å². The first-order valence-corrected chi connectivity index (χ1v) is 16.6. The van der Waals surface area contributed by atoms with Crippen LogP contribution in [0.2, 0.25) is 0 Å². The number of fused-ring (bicyclic) bond motifs is 1. The number of carbonyl (C=O) groups is 4. The third-order valence-electron chi connectivity index (χ3n) is 8.47. The summed E-state index contributed by atoms with van der Waals surface area (Å²) in [6, 6.07) is 24.6. The van der Waals surface area contributed by atoms with E-state index in [0.29, 0.717) is 51.6 Å². The summed E-state index contributed by atoms with van der Waals surface area (Å²) >= 11 is 0.991. The topological polar surface area (TPSA) is 130 Å². The van der Waals surface area contributed by atoms with Crippen molar-refractivity contribution < 1.29 is 38.2 Å². The lowest BCUT2D eigenvalue weighted by atomic mass is 9.86. The van der Waals surface area contributed by atoms with Crippen molar-refractivity contribution in [3.8, 4) is 17.2 Å². The second kappa shape index (κ2) is 14.0. The molecule has 11 heteroatoms. The molecule has 10 nitrogen and oxygen atoms in total. The quantitative estimate of drug-likeness (QED) is 0.0869. The lowest BCUT2D eigenvalue weighted by molar-refractivity contribution is -0.118. The molecule has 2 aliphatic heterocycles. The highest BCUT2D eigenvalue weighted by Crippen LogP contribution is 2.44. The Morgan fingerprint density at radius 3 is 2.12 bits per heavy atom. The average Bonchev–Trinajstić information content (AvgIpc) is 3.43. The molecule has 250 valence electrons. The molecule has 2 aliphatic rings. The van der Waals surface area contributed by atoms with Crippen molar-refractivity contribution in [3.63, 3.8) is 0 Å². The first-order chi connectivity index (χ1) is 23.5. The summed E-state index contributed by atoms with van der Waals surface area (Å²) < 4.78 is 18.8. The second-order valence-electron chi connectivity index (χ2n) is 12.2. The summed E-state index contributed by atoms with van der Waals surface area (Å²) in [5.41, 5.74) is 3.81. The Hall–Kier alpha value is -5.42. The molecular weight excluding hydrogens is 644 g/mol. The molecule has 2 unspecified atom stereocenters. The summed E-state index contributed by atoms with van der Waals surface area (Å²) in [5, 5.41) is 5.88. The summed E-state index contributed by atoms with van der Waals surface area (Å²) in [4.78, 5) is 55.0. The molecule has 0 spiro atoms. The number of oxime groups is 1. The fraction of sp³-hybridized carbons (Fsp3) is 0.237. The van der Waals surface area contributed by atoms with E-state index in [1.807, 2.05) is 45.9 Å². The molecule has 4 aromatic rings. The maximum absolute atomic E-state index is 13.1. The van der Waals surface area contributed by atoms with Crippen molar-refractivity contribution in [1.82, 2.24) is 5.32 Å². The molecule has 0 bridgehead atoms. The maximum atomic E-state index is 13.1. The Morgan fingerprint density at radius 2 is 1.51 bits per heavy atom. The number of imide groups is 1. The van der Waals surface area contributed by atoms with Gasteiger partial charge in [-0.05, 0) is 87.2 Å². The van der Waals surface area contributed by atoms with Gasteiger partial charge in [-0.2, -0.15) is 0 Å². The van der Waals surface area contributed by atoms with Gasteiger partial charge in [0, 0.05) is 17.5 Å². The minimum Gasteiger partial charge on any atom is -0.489 e. The van der Waals surface area contributed by atoms with Crippen LogP contribution in [0.5, 0.6) is 17.2 Å². The fourth-order valence-corrected chi connectivity index (χ4v) is 6.61. The number of hydrogen-bond donors (Lipinski definition) is 1. The largest absolute Gasteiger partial charge is 0.489 e. The fourth-order valence-electron chi connectivity index (χ4n) is 5.75. The van der Waals surface area contributed by atoms with E-state index in [4.69, 9.17) is 19.0 Å². The predicted molar refractivity (Wildman–Crippen MR) is 185 cm³/mol. The molecule has 0 aromatic heterocycles. The van der Waals surface area contributed by atoms with Gasteiger partial charge in [-0.25, -0.2) is 9.59 Å². The standard InChI is InChI=1S/C38H34N2O8S/c1-22-23(2)33-31(24(3)32(22)46-35(42)26-11-7-5-8-12-26)29(40-48-36(43)27-13-9-6-10-14-27)20-38(4,47-33)21-45-28-17-15-25(16-18-28)19-30-34(41)39-37(44)49-30/h5-18,30H,19-21H2,1-4H3,(H,39,41,44). The lowest BCUT2D eigenvalue weighted by Gasteiger charge is -2.38. The minimum atomic E-state index is -0.936. The Morgan fingerprint density at radius 1 is 0.878 bits per heavy atom. The number of benzene rings is 4. The number of esters is 1. The molecule has 49 heavy (non-hydrogen) atoms. The Kier molecular flexibility index (Phi) is 9.55. The summed E-state index contributed by atoms with van der Waals surface area (Å²) in [6.45, 7) is 7.57. The molecule has 2 amide bonds. The Balaban J connectivity index is 1.28. The van der Waals surface area contributed by atoms with E-state index in [-0.39, 0.29) is 24.2 Å². The number of nitrogens with zero attached hydrogens (tertiary/aromatic N) is 1. The van der Waals surface area contributed by atoms with Crippen LogP contribution >= 0.6 is 11.8 Å². The van der Waals surface area contributed by atoms with Crippen molar-refractivity contribution in [2.24, 2.45) is 5.16 Å². The van der Waals surface area contributed by atoms with E-state index >= 15 is 0 Å². The average molecular weight is 679 g/mol. The van der Waals surface area contributed by atoms with Crippen molar-refractivity contribution >= 4 is 40.6 Å². The van der Waals surface area contributed by atoms with Crippen LogP contribution in [0.3, 0.4) is 0 Å². The van der Waals surface area contributed by atoms with Crippen LogP contribution in [0, 0.1) is 20.8 Å². The van der Waals surface area contributed by atoms with Crippen LogP contribution in [0.4, 0.5) is 4.79 Å². The lowest BCUT2D eigenvalue weighted by Crippen LogP contribution is -2.45. The third kappa shape index (κ3) is 7.36. The van der Waals surface area contributed by atoms with Crippen LogP contribution in [0.25, 0.3) is 0 Å². The van der Waals surface area contributed by atoms with Gasteiger partial charge in [0.05, 0.1) is 22.1 Å². The smallest absolute Gasteiger partial charge is 0.365 e. The first-order valence-electron chi connectivity index (χ1n) is 15.7.